The largest absolute Gasteiger partial charge is 0.395 e. The van der Waals surface area contributed by atoms with Crippen LogP contribution < -0.4 is 5.73 Å². The molecule has 5 nitrogen and oxygen atoms in total. The molecule has 1 unspecified atom stereocenters. The van der Waals surface area contributed by atoms with Crippen molar-refractivity contribution in [3.63, 3.8) is 0 Å². The van der Waals surface area contributed by atoms with Gasteiger partial charge in [0.15, 0.2) is 5.15 Å². The van der Waals surface area contributed by atoms with Crippen molar-refractivity contribution in [3.05, 3.63) is 11.3 Å². The molecule has 3 rings (SSSR count). The lowest BCUT2D eigenvalue weighted by Gasteiger charge is -2.20. The Hall–Kier alpha value is -1.23. The lowest BCUT2D eigenvalue weighted by molar-refractivity contribution is -0.132. The first-order valence-electron chi connectivity index (χ1n) is 6.94. The molecule has 0 radical (unpaired) electrons. The molecule has 0 spiro atoms. The van der Waals surface area contributed by atoms with Gasteiger partial charge >= 0.3 is 0 Å². The molecule has 2 aliphatic rings. The second-order valence-electron chi connectivity index (χ2n) is 5.54. The maximum Gasteiger partial charge on any atom is 0.225 e. The molecule has 1 saturated heterocycles. The van der Waals surface area contributed by atoms with Crippen molar-refractivity contribution >= 4 is 23.2 Å². The highest BCUT2D eigenvalue weighted by atomic mass is 35.5. The summed E-state index contributed by atoms with van der Waals surface area (Å²) in [6, 6.07) is 0.298. The number of aromatic nitrogens is 2. The molecule has 2 heterocycles. The van der Waals surface area contributed by atoms with Gasteiger partial charge in [0.25, 0.3) is 0 Å². The van der Waals surface area contributed by atoms with E-state index in [0.29, 0.717) is 28.7 Å². The van der Waals surface area contributed by atoms with Gasteiger partial charge in [-0.1, -0.05) is 11.6 Å². The average molecular weight is 283 g/mol. The fraction of sp³-hybridized carbons (Fsp3) is 0.692. The summed E-state index contributed by atoms with van der Waals surface area (Å²) in [6.07, 6.45) is 6.90. The molecule has 19 heavy (non-hydrogen) atoms. The number of nitrogens with zero attached hydrogens (tertiary/aromatic N) is 3. The number of hydrogen-bond donors (Lipinski definition) is 1. The number of nitrogen functional groups attached to an aromatic ring is 1. The number of likely N-dealkylation sites (tertiary alicyclic amines) is 1. The second kappa shape index (κ2) is 5.04. The van der Waals surface area contributed by atoms with E-state index in [1.165, 1.54) is 0 Å². The van der Waals surface area contributed by atoms with Crippen molar-refractivity contribution < 1.29 is 4.79 Å². The standard InChI is InChI=1S/C13H19ClN4O/c14-12-11(15)8-18(16-12)10-2-1-6-17(7-5-10)13(19)9-3-4-9/h8-10H,1-7,15H2. The predicted octanol–water partition coefficient (Wildman–Crippen LogP) is 2.08. The van der Waals surface area contributed by atoms with Crippen LogP contribution >= 0.6 is 11.6 Å². The van der Waals surface area contributed by atoms with Gasteiger partial charge in [0, 0.05) is 25.2 Å². The third-order valence-electron chi connectivity index (χ3n) is 4.02. The van der Waals surface area contributed by atoms with Gasteiger partial charge in [0.1, 0.15) is 0 Å². The number of anilines is 1. The molecule has 1 amide bonds. The summed E-state index contributed by atoms with van der Waals surface area (Å²) in [4.78, 5) is 14.1. The van der Waals surface area contributed by atoms with Crippen LogP contribution in [0.4, 0.5) is 5.69 Å². The van der Waals surface area contributed by atoms with Crippen LogP contribution in [0, 0.1) is 5.92 Å². The second-order valence-corrected chi connectivity index (χ2v) is 5.90. The van der Waals surface area contributed by atoms with Crippen LogP contribution in [0.2, 0.25) is 5.15 Å². The molecule has 1 aliphatic carbocycles. The first kappa shape index (κ1) is 12.8. The zero-order valence-electron chi connectivity index (χ0n) is 10.9. The summed E-state index contributed by atoms with van der Waals surface area (Å²) in [6.45, 7) is 1.69. The predicted molar refractivity (Wildman–Crippen MR) is 73.8 cm³/mol. The van der Waals surface area contributed by atoms with Crippen molar-refractivity contribution in [2.45, 2.75) is 38.1 Å². The number of hydrogen-bond acceptors (Lipinski definition) is 3. The number of nitrogens with two attached hydrogens (primary N) is 1. The molecule has 0 aromatic carbocycles. The molecule has 104 valence electrons. The number of rotatable bonds is 2. The highest BCUT2D eigenvalue weighted by molar-refractivity contribution is 6.31. The minimum atomic E-state index is 0.298. The van der Waals surface area contributed by atoms with E-state index in [1.54, 1.807) is 6.20 Å². The Morgan fingerprint density at radius 1 is 1.32 bits per heavy atom. The Balaban J connectivity index is 1.65. The Morgan fingerprint density at radius 3 is 2.74 bits per heavy atom. The average Bonchev–Trinajstić information content (AvgIpc) is 3.20. The van der Waals surface area contributed by atoms with Crippen molar-refractivity contribution in [3.8, 4) is 0 Å². The molecule has 2 fully saturated rings. The Morgan fingerprint density at radius 2 is 2.11 bits per heavy atom. The Bertz CT molecular complexity index is 463. The molecule has 1 atom stereocenters. The molecule has 0 bridgehead atoms. The van der Waals surface area contributed by atoms with Gasteiger partial charge in [-0.3, -0.25) is 9.48 Å². The monoisotopic (exact) mass is 282 g/mol. The number of amides is 1. The number of halogens is 1. The highest BCUT2D eigenvalue weighted by Gasteiger charge is 2.34. The smallest absolute Gasteiger partial charge is 0.225 e. The van der Waals surface area contributed by atoms with Crippen LogP contribution in [-0.2, 0) is 4.79 Å². The van der Waals surface area contributed by atoms with Crippen molar-refractivity contribution in [1.29, 1.82) is 0 Å². The number of carbonyl (C=O) groups is 1. The minimum Gasteiger partial charge on any atom is -0.395 e. The van der Waals surface area contributed by atoms with Crippen LogP contribution in [0.25, 0.3) is 0 Å². The topological polar surface area (TPSA) is 64.2 Å². The van der Waals surface area contributed by atoms with E-state index >= 15 is 0 Å². The fourth-order valence-corrected chi connectivity index (χ4v) is 2.86. The van der Waals surface area contributed by atoms with Crippen LogP contribution in [0.3, 0.4) is 0 Å². The normalized spacial score (nSPS) is 24.3. The molecular formula is C13H19ClN4O. The van der Waals surface area contributed by atoms with Gasteiger partial charge in [-0.15, -0.1) is 0 Å². The van der Waals surface area contributed by atoms with Crippen LogP contribution in [-0.4, -0.2) is 33.7 Å². The summed E-state index contributed by atoms with van der Waals surface area (Å²) in [5.41, 5.74) is 6.25. The van der Waals surface area contributed by atoms with E-state index in [4.69, 9.17) is 17.3 Å². The first-order chi connectivity index (χ1) is 9.15. The minimum absolute atomic E-state index is 0.298. The highest BCUT2D eigenvalue weighted by Crippen LogP contribution is 2.33. The van der Waals surface area contributed by atoms with Gasteiger partial charge < -0.3 is 10.6 Å². The van der Waals surface area contributed by atoms with E-state index in [-0.39, 0.29) is 0 Å². The Kier molecular flexibility index (Phi) is 3.39. The molecule has 2 N–H and O–H groups in total. The first-order valence-corrected chi connectivity index (χ1v) is 7.32. The van der Waals surface area contributed by atoms with Crippen molar-refractivity contribution in [2.75, 3.05) is 18.8 Å². The summed E-state index contributed by atoms with van der Waals surface area (Å²) >= 11 is 5.90. The van der Waals surface area contributed by atoms with E-state index < -0.39 is 0 Å². The van der Waals surface area contributed by atoms with E-state index in [1.807, 2.05) is 9.58 Å². The maximum absolute atomic E-state index is 12.1. The molecule has 1 saturated carbocycles. The van der Waals surface area contributed by atoms with E-state index in [9.17, 15) is 4.79 Å². The third-order valence-corrected chi connectivity index (χ3v) is 4.32. The van der Waals surface area contributed by atoms with Gasteiger partial charge in [-0.25, -0.2) is 0 Å². The summed E-state index contributed by atoms with van der Waals surface area (Å²) < 4.78 is 1.86. The van der Waals surface area contributed by atoms with E-state index in [0.717, 1.165) is 45.2 Å². The van der Waals surface area contributed by atoms with Gasteiger partial charge in [-0.05, 0) is 32.1 Å². The lowest BCUT2D eigenvalue weighted by atomic mass is 10.1. The summed E-state index contributed by atoms with van der Waals surface area (Å²) in [5.74, 6) is 0.657. The molecular weight excluding hydrogens is 264 g/mol. The van der Waals surface area contributed by atoms with E-state index in [2.05, 4.69) is 5.10 Å². The molecule has 1 aromatic heterocycles. The van der Waals surface area contributed by atoms with Crippen molar-refractivity contribution in [2.24, 2.45) is 5.92 Å². The summed E-state index contributed by atoms with van der Waals surface area (Å²) in [5, 5.41) is 4.62. The van der Waals surface area contributed by atoms with Gasteiger partial charge in [0.2, 0.25) is 5.91 Å². The van der Waals surface area contributed by atoms with Crippen LogP contribution in [0.5, 0.6) is 0 Å². The Labute approximate surface area is 117 Å². The SMILES string of the molecule is Nc1cn(C2CCCN(C(=O)C3CC3)CC2)nc1Cl. The quantitative estimate of drug-likeness (QED) is 0.903. The van der Waals surface area contributed by atoms with Crippen LogP contribution in [0.1, 0.15) is 38.1 Å². The fourth-order valence-electron chi connectivity index (χ4n) is 2.72. The van der Waals surface area contributed by atoms with Crippen LogP contribution in [0.15, 0.2) is 6.20 Å². The van der Waals surface area contributed by atoms with Crippen molar-refractivity contribution in [1.82, 2.24) is 14.7 Å². The molecule has 1 aliphatic heterocycles. The molecule has 6 heteroatoms. The molecule has 1 aromatic rings. The number of carbonyl (C=O) groups excluding carboxylic acids is 1. The lowest BCUT2D eigenvalue weighted by Crippen LogP contribution is -2.33. The third kappa shape index (κ3) is 2.71. The maximum atomic E-state index is 12.1. The zero-order valence-corrected chi connectivity index (χ0v) is 11.6. The zero-order chi connectivity index (χ0) is 13.4. The van der Waals surface area contributed by atoms with Gasteiger partial charge in [-0.2, -0.15) is 5.10 Å². The summed E-state index contributed by atoms with van der Waals surface area (Å²) in [7, 11) is 0. The van der Waals surface area contributed by atoms with Gasteiger partial charge in [0.05, 0.1) is 11.7 Å².